The zero-order chi connectivity index (χ0) is 14.0. The highest BCUT2D eigenvalue weighted by molar-refractivity contribution is 5.64. The molecule has 0 spiro atoms. The summed E-state index contributed by atoms with van der Waals surface area (Å²) in [6.07, 6.45) is 1.54. The van der Waals surface area contributed by atoms with Crippen LogP contribution in [0.2, 0.25) is 0 Å². The van der Waals surface area contributed by atoms with Crippen LogP contribution < -0.4 is 0 Å². The molecule has 0 unspecified atom stereocenters. The summed E-state index contributed by atoms with van der Waals surface area (Å²) in [7, 11) is 0. The highest BCUT2D eigenvalue weighted by Crippen LogP contribution is 2.38. The predicted molar refractivity (Wildman–Crippen MR) is 72.1 cm³/mol. The lowest BCUT2D eigenvalue weighted by atomic mass is 9.71. The van der Waals surface area contributed by atoms with Crippen molar-refractivity contribution in [2.45, 2.75) is 39.3 Å². The molecule has 1 N–H and O–H groups in total. The van der Waals surface area contributed by atoms with Crippen molar-refractivity contribution in [1.29, 1.82) is 0 Å². The largest absolute Gasteiger partial charge is 0.465 e. The van der Waals surface area contributed by atoms with E-state index in [0.29, 0.717) is 32.1 Å². The fraction of sp³-hybridized carbons (Fsp3) is 0.929. The Morgan fingerprint density at radius 1 is 1.32 bits per heavy atom. The number of carbonyl (C=O) groups is 1. The molecule has 2 heterocycles. The standard InChI is InChI=1S/C14H25FN2O2/c1-14(2,5-8-16-9-12(15)10-16)11-3-6-17(7-4-11)13(18)19/h11-12H,3-10H2,1-2H3,(H,18,19). The van der Waals surface area contributed by atoms with E-state index in [0.717, 1.165) is 25.8 Å². The summed E-state index contributed by atoms with van der Waals surface area (Å²) in [5.74, 6) is 0.575. The van der Waals surface area contributed by atoms with Crippen LogP contribution in [0.25, 0.3) is 0 Å². The van der Waals surface area contributed by atoms with Gasteiger partial charge in [-0.05, 0) is 37.1 Å². The summed E-state index contributed by atoms with van der Waals surface area (Å²) in [5.41, 5.74) is 0.214. The van der Waals surface area contributed by atoms with Gasteiger partial charge in [-0.3, -0.25) is 4.90 Å². The van der Waals surface area contributed by atoms with Gasteiger partial charge in [-0.2, -0.15) is 0 Å². The molecule has 2 saturated heterocycles. The molecule has 0 aromatic carbocycles. The maximum atomic E-state index is 12.8. The van der Waals surface area contributed by atoms with Crippen molar-refractivity contribution in [3.8, 4) is 0 Å². The van der Waals surface area contributed by atoms with Crippen LogP contribution in [0.1, 0.15) is 33.1 Å². The number of hydrogen-bond donors (Lipinski definition) is 1. The Hall–Kier alpha value is -0.840. The van der Waals surface area contributed by atoms with Crippen LogP contribution in [0.3, 0.4) is 0 Å². The minimum atomic E-state index is -0.800. The summed E-state index contributed by atoms with van der Waals surface area (Å²) in [6, 6.07) is 0. The number of halogens is 1. The first-order valence-corrected chi connectivity index (χ1v) is 7.23. The number of nitrogens with zero attached hydrogens (tertiary/aromatic N) is 2. The number of likely N-dealkylation sites (tertiary alicyclic amines) is 2. The topological polar surface area (TPSA) is 43.8 Å². The maximum absolute atomic E-state index is 12.8. The van der Waals surface area contributed by atoms with E-state index in [2.05, 4.69) is 18.7 Å². The first-order chi connectivity index (χ1) is 8.88. The molecule has 4 nitrogen and oxygen atoms in total. The number of hydrogen-bond acceptors (Lipinski definition) is 2. The van der Waals surface area contributed by atoms with E-state index in [1.54, 1.807) is 0 Å². The van der Waals surface area contributed by atoms with Crippen LogP contribution in [-0.2, 0) is 0 Å². The molecule has 0 aromatic rings. The van der Waals surface area contributed by atoms with Crippen molar-refractivity contribution in [2.24, 2.45) is 11.3 Å². The van der Waals surface area contributed by atoms with Gasteiger partial charge in [-0.1, -0.05) is 13.8 Å². The smallest absolute Gasteiger partial charge is 0.407 e. The zero-order valence-corrected chi connectivity index (χ0v) is 11.9. The first-order valence-electron chi connectivity index (χ1n) is 7.23. The quantitative estimate of drug-likeness (QED) is 0.855. The highest BCUT2D eigenvalue weighted by atomic mass is 19.1. The van der Waals surface area contributed by atoms with Crippen molar-refractivity contribution in [1.82, 2.24) is 9.80 Å². The summed E-state index contributed by atoms with van der Waals surface area (Å²) in [4.78, 5) is 14.6. The fourth-order valence-electron chi connectivity index (χ4n) is 3.19. The Morgan fingerprint density at radius 2 is 1.89 bits per heavy atom. The Bertz CT molecular complexity index is 321. The molecular formula is C14H25FN2O2. The Balaban J connectivity index is 1.75. The number of alkyl halides is 1. The van der Waals surface area contributed by atoms with Gasteiger partial charge in [0.15, 0.2) is 0 Å². The average Bonchev–Trinajstić information content (AvgIpc) is 2.33. The molecule has 0 aromatic heterocycles. The predicted octanol–water partition coefficient (Wildman–Crippen LogP) is 2.45. The van der Waals surface area contributed by atoms with Crippen molar-refractivity contribution in [2.75, 3.05) is 32.7 Å². The van der Waals surface area contributed by atoms with E-state index < -0.39 is 12.3 Å². The van der Waals surface area contributed by atoms with Crippen LogP contribution in [0, 0.1) is 11.3 Å². The second-order valence-corrected chi connectivity index (χ2v) is 6.64. The molecular weight excluding hydrogens is 247 g/mol. The van der Waals surface area contributed by atoms with E-state index in [-0.39, 0.29) is 5.41 Å². The molecule has 0 saturated carbocycles. The van der Waals surface area contributed by atoms with Gasteiger partial charge in [0.2, 0.25) is 0 Å². The molecule has 2 fully saturated rings. The number of piperidine rings is 1. The fourth-order valence-corrected chi connectivity index (χ4v) is 3.19. The Labute approximate surface area is 114 Å². The average molecular weight is 272 g/mol. The third kappa shape index (κ3) is 3.59. The second-order valence-electron chi connectivity index (χ2n) is 6.64. The van der Waals surface area contributed by atoms with Crippen LogP contribution in [0.5, 0.6) is 0 Å². The van der Waals surface area contributed by atoms with Crippen LogP contribution in [0.15, 0.2) is 0 Å². The number of carboxylic acid groups (broad SMARTS) is 1. The lowest BCUT2D eigenvalue weighted by Crippen LogP contribution is -2.50. The summed E-state index contributed by atoms with van der Waals surface area (Å²) in [6.45, 7) is 7.98. The first kappa shape index (κ1) is 14.6. The van der Waals surface area contributed by atoms with Gasteiger partial charge in [-0.15, -0.1) is 0 Å². The molecule has 19 heavy (non-hydrogen) atoms. The highest BCUT2D eigenvalue weighted by Gasteiger charge is 2.35. The maximum Gasteiger partial charge on any atom is 0.407 e. The van der Waals surface area contributed by atoms with Crippen molar-refractivity contribution in [3.63, 3.8) is 0 Å². The summed E-state index contributed by atoms with van der Waals surface area (Å²) in [5, 5.41) is 8.95. The van der Waals surface area contributed by atoms with Gasteiger partial charge < -0.3 is 10.0 Å². The second kappa shape index (κ2) is 5.65. The van der Waals surface area contributed by atoms with Crippen LogP contribution in [-0.4, -0.2) is 59.9 Å². The third-order valence-corrected chi connectivity index (χ3v) is 4.86. The van der Waals surface area contributed by atoms with Gasteiger partial charge in [0, 0.05) is 26.2 Å². The van der Waals surface area contributed by atoms with E-state index in [9.17, 15) is 9.18 Å². The molecule has 0 atom stereocenters. The van der Waals surface area contributed by atoms with Gasteiger partial charge in [0.1, 0.15) is 6.17 Å². The summed E-state index contributed by atoms with van der Waals surface area (Å²) < 4.78 is 12.8. The van der Waals surface area contributed by atoms with E-state index >= 15 is 0 Å². The van der Waals surface area contributed by atoms with Crippen molar-refractivity contribution in [3.05, 3.63) is 0 Å². The monoisotopic (exact) mass is 272 g/mol. The van der Waals surface area contributed by atoms with Crippen LogP contribution in [0.4, 0.5) is 9.18 Å². The normalized spacial score (nSPS) is 23.4. The van der Waals surface area contributed by atoms with Crippen LogP contribution >= 0.6 is 0 Å². The molecule has 2 aliphatic rings. The van der Waals surface area contributed by atoms with E-state index in [4.69, 9.17) is 5.11 Å². The molecule has 5 heteroatoms. The lowest BCUT2D eigenvalue weighted by Gasteiger charge is -2.42. The minimum absolute atomic E-state index is 0.214. The molecule has 2 rings (SSSR count). The lowest BCUT2D eigenvalue weighted by molar-refractivity contribution is 0.0362. The van der Waals surface area contributed by atoms with Gasteiger partial charge in [0.25, 0.3) is 0 Å². The number of rotatable bonds is 4. The van der Waals surface area contributed by atoms with E-state index in [1.807, 2.05) is 0 Å². The Kier molecular flexibility index (Phi) is 4.33. The Morgan fingerprint density at radius 3 is 2.37 bits per heavy atom. The number of amides is 1. The van der Waals surface area contributed by atoms with Gasteiger partial charge in [-0.25, -0.2) is 9.18 Å². The summed E-state index contributed by atoms with van der Waals surface area (Å²) >= 11 is 0. The molecule has 0 radical (unpaired) electrons. The molecule has 0 aliphatic carbocycles. The molecule has 0 bridgehead atoms. The van der Waals surface area contributed by atoms with Crippen molar-refractivity contribution >= 4 is 6.09 Å². The van der Waals surface area contributed by atoms with Crippen molar-refractivity contribution < 1.29 is 14.3 Å². The minimum Gasteiger partial charge on any atom is -0.465 e. The van der Waals surface area contributed by atoms with Gasteiger partial charge >= 0.3 is 6.09 Å². The van der Waals surface area contributed by atoms with Gasteiger partial charge in [0.05, 0.1) is 0 Å². The zero-order valence-electron chi connectivity index (χ0n) is 11.9. The molecule has 2 aliphatic heterocycles. The molecule has 110 valence electrons. The third-order valence-electron chi connectivity index (χ3n) is 4.86. The molecule has 1 amide bonds. The SMILES string of the molecule is CC(C)(CCN1CC(F)C1)C1CCN(C(=O)O)CC1. The van der Waals surface area contributed by atoms with E-state index in [1.165, 1.54) is 4.90 Å².